The van der Waals surface area contributed by atoms with Crippen LogP contribution in [-0.2, 0) is 0 Å². The van der Waals surface area contributed by atoms with Crippen LogP contribution in [-0.4, -0.2) is 58.9 Å². The molecule has 4 rings (SSSR count). The molecule has 2 aromatic heterocycles. The highest BCUT2D eigenvalue weighted by molar-refractivity contribution is 5.93. The lowest BCUT2D eigenvalue weighted by Crippen LogP contribution is -2.36. The molecule has 1 aliphatic rings. The van der Waals surface area contributed by atoms with E-state index in [0.717, 1.165) is 36.5 Å². The SMILES string of the molecule is COc1ccc(-n2nc(C(=O)NC3CCN(C)C3)cc2-c2ccccc2)cn1. The van der Waals surface area contributed by atoms with Gasteiger partial charge >= 0.3 is 0 Å². The molecule has 0 aliphatic carbocycles. The quantitative estimate of drug-likeness (QED) is 0.739. The summed E-state index contributed by atoms with van der Waals surface area (Å²) in [5, 5.41) is 7.68. The monoisotopic (exact) mass is 377 g/mol. The first-order valence-corrected chi connectivity index (χ1v) is 9.29. The third-order valence-corrected chi connectivity index (χ3v) is 4.91. The van der Waals surface area contributed by atoms with Crippen LogP contribution in [0.2, 0.25) is 0 Å². The Morgan fingerprint density at radius 3 is 2.68 bits per heavy atom. The molecular weight excluding hydrogens is 354 g/mol. The molecule has 1 aromatic carbocycles. The van der Waals surface area contributed by atoms with Crippen LogP contribution in [0.1, 0.15) is 16.9 Å². The Labute approximate surface area is 164 Å². The fourth-order valence-electron chi connectivity index (χ4n) is 3.43. The lowest BCUT2D eigenvalue weighted by atomic mass is 10.1. The highest BCUT2D eigenvalue weighted by atomic mass is 16.5. The highest BCUT2D eigenvalue weighted by Crippen LogP contribution is 2.24. The topological polar surface area (TPSA) is 72.3 Å². The first-order valence-electron chi connectivity index (χ1n) is 9.29. The molecule has 1 atom stereocenters. The van der Waals surface area contributed by atoms with E-state index in [1.807, 2.05) is 42.5 Å². The van der Waals surface area contributed by atoms with Crippen molar-refractivity contribution in [3.8, 4) is 22.8 Å². The predicted molar refractivity (Wildman–Crippen MR) is 107 cm³/mol. The molecule has 1 unspecified atom stereocenters. The number of carbonyl (C=O) groups excluding carboxylic acids is 1. The molecule has 0 saturated carbocycles. The number of amides is 1. The fraction of sp³-hybridized carbons (Fsp3) is 0.286. The summed E-state index contributed by atoms with van der Waals surface area (Å²) in [5.41, 5.74) is 2.97. The standard InChI is InChI=1S/C21H23N5O2/c1-25-11-10-16(14-25)23-21(27)18-12-19(15-6-4-3-5-7-15)26(24-18)17-8-9-20(28-2)22-13-17/h3-9,12-13,16H,10-11,14H2,1-2H3,(H,23,27). The van der Waals surface area contributed by atoms with Gasteiger partial charge in [-0.3, -0.25) is 4.79 Å². The van der Waals surface area contributed by atoms with Gasteiger partial charge in [0, 0.05) is 24.2 Å². The maximum absolute atomic E-state index is 12.8. The number of pyridine rings is 1. The molecule has 7 heteroatoms. The smallest absolute Gasteiger partial charge is 0.272 e. The number of nitrogens with zero attached hydrogens (tertiary/aromatic N) is 4. The minimum Gasteiger partial charge on any atom is -0.481 e. The molecule has 1 amide bonds. The number of hydrogen-bond acceptors (Lipinski definition) is 5. The second-order valence-electron chi connectivity index (χ2n) is 6.97. The Morgan fingerprint density at radius 1 is 1.21 bits per heavy atom. The number of nitrogens with one attached hydrogen (secondary N) is 1. The minimum atomic E-state index is -0.155. The summed E-state index contributed by atoms with van der Waals surface area (Å²) in [4.78, 5) is 19.3. The summed E-state index contributed by atoms with van der Waals surface area (Å²) in [7, 11) is 3.64. The normalized spacial score (nSPS) is 16.9. The molecule has 0 radical (unpaired) electrons. The van der Waals surface area contributed by atoms with E-state index < -0.39 is 0 Å². The summed E-state index contributed by atoms with van der Waals surface area (Å²) < 4.78 is 6.88. The average Bonchev–Trinajstić information content (AvgIpc) is 3.35. The Balaban J connectivity index is 1.68. The number of carbonyl (C=O) groups is 1. The molecule has 3 heterocycles. The van der Waals surface area contributed by atoms with Crippen molar-refractivity contribution in [1.29, 1.82) is 0 Å². The first-order chi connectivity index (χ1) is 13.6. The maximum atomic E-state index is 12.8. The zero-order chi connectivity index (χ0) is 19.5. The van der Waals surface area contributed by atoms with E-state index in [0.29, 0.717) is 11.6 Å². The van der Waals surface area contributed by atoms with Crippen molar-refractivity contribution in [1.82, 2.24) is 25.0 Å². The van der Waals surface area contributed by atoms with E-state index in [9.17, 15) is 4.79 Å². The van der Waals surface area contributed by atoms with Crippen molar-refractivity contribution in [3.05, 3.63) is 60.4 Å². The minimum absolute atomic E-state index is 0.155. The summed E-state index contributed by atoms with van der Waals surface area (Å²) in [5.74, 6) is 0.373. The maximum Gasteiger partial charge on any atom is 0.272 e. The lowest BCUT2D eigenvalue weighted by molar-refractivity contribution is 0.0933. The second-order valence-corrected chi connectivity index (χ2v) is 6.97. The molecular formula is C21H23N5O2. The first kappa shape index (κ1) is 18.2. The largest absolute Gasteiger partial charge is 0.481 e. The Hall–Kier alpha value is -3.19. The highest BCUT2D eigenvalue weighted by Gasteiger charge is 2.24. The van der Waals surface area contributed by atoms with Gasteiger partial charge in [0.2, 0.25) is 5.88 Å². The van der Waals surface area contributed by atoms with E-state index in [-0.39, 0.29) is 11.9 Å². The number of benzene rings is 1. The van der Waals surface area contributed by atoms with Gasteiger partial charge in [0.1, 0.15) is 0 Å². The van der Waals surface area contributed by atoms with Crippen LogP contribution in [0.3, 0.4) is 0 Å². The van der Waals surface area contributed by atoms with E-state index >= 15 is 0 Å². The van der Waals surface area contributed by atoms with Crippen molar-refractivity contribution in [2.45, 2.75) is 12.5 Å². The molecule has 7 nitrogen and oxygen atoms in total. The number of methoxy groups -OCH3 is 1. The third-order valence-electron chi connectivity index (χ3n) is 4.91. The zero-order valence-electron chi connectivity index (χ0n) is 16.0. The van der Waals surface area contributed by atoms with Crippen LogP contribution < -0.4 is 10.1 Å². The Kier molecular flexibility index (Phi) is 5.08. The van der Waals surface area contributed by atoms with Crippen molar-refractivity contribution in [3.63, 3.8) is 0 Å². The van der Waals surface area contributed by atoms with Crippen LogP contribution in [0.4, 0.5) is 0 Å². The third kappa shape index (κ3) is 3.75. The van der Waals surface area contributed by atoms with E-state index in [1.165, 1.54) is 0 Å². The number of likely N-dealkylation sites (tertiary alicyclic amines) is 1. The Morgan fingerprint density at radius 2 is 2.04 bits per heavy atom. The number of ether oxygens (including phenoxy) is 1. The molecule has 1 fully saturated rings. The Bertz CT molecular complexity index is 953. The second kappa shape index (κ2) is 7.82. The lowest BCUT2D eigenvalue weighted by Gasteiger charge is -2.11. The zero-order valence-corrected chi connectivity index (χ0v) is 16.0. The van der Waals surface area contributed by atoms with Gasteiger partial charge in [0.15, 0.2) is 5.69 Å². The summed E-state index contributed by atoms with van der Waals surface area (Å²) in [6, 6.07) is 15.5. The van der Waals surface area contributed by atoms with Gasteiger partial charge in [0.05, 0.1) is 24.7 Å². The van der Waals surface area contributed by atoms with Crippen molar-refractivity contribution >= 4 is 5.91 Å². The number of aromatic nitrogens is 3. The summed E-state index contributed by atoms with van der Waals surface area (Å²) in [6.45, 7) is 1.85. The van der Waals surface area contributed by atoms with Crippen LogP contribution in [0.25, 0.3) is 16.9 Å². The molecule has 28 heavy (non-hydrogen) atoms. The van der Waals surface area contributed by atoms with Crippen molar-refractivity contribution in [2.75, 3.05) is 27.2 Å². The van der Waals surface area contributed by atoms with Gasteiger partial charge in [-0.2, -0.15) is 5.10 Å². The molecule has 1 N–H and O–H groups in total. The molecule has 144 valence electrons. The number of hydrogen-bond donors (Lipinski definition) is 1. The van der Waals surface area contributed by atoms with Gasteiger partial charge in [-0.1, -0.05) is 30.3 Å². The van der Waals surface area contributed by atoms with Gasteiger partial charge in [-0.15, -0.1) is 0 Å². The predicted octanol–water partition coefficient (Wildman–Crippen LogP) is 2.38. The summed E-state index contributed by atoms with van der Waals surface area (Å²) in [6.07, 6.45) is 2.64. The number of rotatable bonds is 5. The van der Waals surface area contributed by atoms with Crippen molar-refractivity contribution < 1.29 is 9.53 Å². The number of likely N-dealkylation sites (N-methyl/N-ethyl adjacent to an activating group) is 1. The van der Waals surface area contributed by atoms with Crippen LogP contribution >= 0.6 is 0 Å². The molecule has 0 spiro atoms. The summed E-state index contributed by atoms with van der Waals surface area (Å²) >= 11 is 0. The van der Waals surface area contributed by atoms with Gasteiger partial charge in [-0.25, -0.2) is 9.67 Å². The van der Waals surface area contributed by atoms with Crippen molar-refractivity contribution in [2.24, 2.45) is 0 Å². The average molecular weight is 377 g/mol. The molecule has 3 aromatic rings. The van der Waals surface area contributed by atoms with E-state index in [1.54, 1.807) is 24.1 Å². The van der Waals surface area contributed by atoms with E-state index in [4.69, 9.17) is 4.74 Å². The molecule has 0 bridgehead atoms. The molecule has 1 saturated heterocycles. The van der Waals surface area contributed by atoms with Gasteiger partial charge in [0.25, 0.3) is 5.91 Å². The van der Waals surface area contributed by atoms with E-state index in [2.05, 4.69) is 27.3 Å². The van der Waals surface area contributed by atoms with Crippen LogP contribution in [0.15, 0.2) is 54.7 Å². The van der Waals surface area contributed by atoms with Gasteiger partial charge in [-0.05, 0) is 32.1 Å². The fourth-order valence-corrected chi connectivity index (χ4v) is 3.43. The van der Waals surface area contributed by atoms with Crippen LogP contribution in [0, 0.1) is 0 Å². The van der Waals surface area contributed by atoms with Gasteiger partial charge < -0.3 is 15.0 Å². The van der Waals surface area contributed by atoms with Crippen LogP contribution in [0.5, 0.6) is 5.88 Å². The molecule has 1 aliphatic heterocycles.